The van der Waals surface area contributed by atoms with Gasteiger partial charge in [0.15, 0.2) is 0 Å². The van der Waals surface area contributed by atoms with Gasteiger partial charge in [0, 0.05) is 19.0 Å². The van der Waals surface area contributed by atoms with E-state index in [9.17, 15) is 13.0 Å². The van der Waals surface area contributed by atoms with Crippen LogP contribution in [0.2, 0.25) is 0 Å². The monoisotopic (exact) mass is 316 g/mol. The molecule has 0 fully saturated rings. The number of hydrogen-bond acceptors (Lipinski definition) is 4. The Morgan fingerprint density at radius 3 is 1.75 bits per heavy atom. The maximum Gasteiger partial charge on any atom is 1.00 e. The van der Waals surface area contributed by atoms with Gasteiger partial charge in [0.25, 0.3) is 0 Å². The molecule has 0 radical (unpaired) electrons. The van der Waals surface area contributed by atoms with Crippen molar-refractivity contribution in [2.45, 2.75) is 71.1 Å². The van der Waals surface area contributed by atoms with Crippen molar-refractivity contribution in [1.82, 2.24) is 0 Å². The second kappa shape index (κ2) is 16.2. The Hall–Kier alpha value is 0.870. The summed E-state index contributed by atoms with van der Waals surface area (Å²) in [7, 11) is -4.04. The minimum atomic E-state index is -4.04. The van der Waals surface area contributed by atoms with Crippen LogP contribution in [0.4, 0.5) is 0 Å². The zero-order valence-electron chi connectivity index (χ0n) is 13.2. The molecule has 0 aliphatic rings. The Labute approximate surface area is 147 Å². The summed E-state index contributed by atoms with van der Waals surface area (Å²) in [6.07, 6.45) is 11.3. The average Bonchev–Trinajstić information content (AvgIpc) is 2.34. The zero-order valence-corrected chi connectivity index (χ0v) is 16.1. The van der Waals surface area contributed by atoms with E-state index >= 15 is 0 Å². The summed E-state index contributed by atoms with van der Waals surface area (Å²) in [6.45, 7) is 3.54. The second-order valence-corrected chi connectivity index (χ2v) is 6.58. The predicted octanol–water partition coefficient (Wildman–Crippen LogP) is 0.473. The second-order valence-electron chi connectivity index (χ2n) is 5.06. The van der Waals surface area contributed by atoms with Crippen LogP contribution in [-0.4, -0.2) is 31.9 Å². The molecule has 0 aliphatic carbocycles. The van der Waals surface area contributed by atoms with Crippen LogP contribution < -0.4 is 29.6 Å². The Kier molecular flexibility index (Phi) is 18.8. The summed E-state index contributed by atoms with van der Waals surface area (Å²) >= 11 is 0. The molecule has 0 aromatic rings. The SMILES string of the molecule is CCCCCCCCCCOCCCCS(=O)(=O)[O-].[Na+]. The normalized spacial score (nSPS) is 11.3. The Morgan fingerprint density at radius 1 is 0.800 bits per heavy atom. The van der Waals surface area contributed by atoms with Crippen LogP contribution in [0.15, 0.2) is 0 Å². The van der Waals surface area contributed by atoms with Gasteiger partial charge in [-0.15, -0.1) is 0 Å². The van der Waals surface area contributed by atoms with Crippen molar-refractivity contribution < 1.29 is 47.3 Å². The molecule has 0 saturated heterocycles. The summed E-state index contributed by atoms with van der Waals surface area (Å²) in [5.74, 6) is -0.270. The van der Waals surface area contributed by atoms with Crippen molar-refractivity contribution in [2.75, 3.05) is 19.0 Å². The molecule has 0 amide bonds. The number of hydrogen-bond donors (Lipinski definition) is 0. The topological polar surface area (TPSA) is 66.4 Å². The van der Waals surface area contributed by atoms with Gasteiger partial charge in [-0.25, -0.2) is 8.42 Å². The maximum absolute atomic E-state index is 10.3. The number of rotatable bonds is 14. The Bertz CT molecular complexity index is 281. The molecule has 0 rings (SSSR count). The van der Waals surface area contributed by atoms with E-state index in [1.54, 1.807) is 0 Å². The third kappa shape index (κ3) is 21.2. The minimum Gasteiger partial charge on any atom is -0.748 e. The largest absolute Gasteiger partial charge is 1.00 e. The number of unbranched alkanes of at least 4 members (excludes halogenated alkanes) is 8. The molecule has 0 saturated carbocycles. The van der Waals surface area contributed by atoms with Crippen LogP contribution in [0.5, 0.6) is 0 Å². The van der Waals surface area contributed by atoms with E-state index in [2.05, 4.69) is 6.92 Å². The average molecular weight is 316 g/mol. The first-order valence-corrected chi connectivity index (χ1v) is 9.15. The van der Waals surface area contributed by atoms with Crippen molar-refractivity contribution in [3.05, 3.63) is 0 Å². The number of ether oxygens (including phenoxy) is 1. The maximum atomic E-state index is 10.3. The molecule has 0 aromatic heterocycles. The van der Waals surface area contributed by atoms with Crippen LogP contribution in [0.25, 0.3) is 0 Å². The molecule has 0 atom stereocenters. The summed E-state index contributed by atoms with van der Waals surface area (Å²) in [5.41, 5.74) is 0. The van der Waals surface area contributed by atoms with Gasteiger partial charge < -0.3 is 9.29 Å². The van der Waals surface area contributed by atoms with E-state index in [-0.39, 0.29) is 35.3 Å². The molecule has 0 spiro atoms. The van der Waals surface area contributed by atoms with Crippen molar-refractivity contribution in [2.24, 2.45) is 0 Å². The van der Waals surface area contributed by atoms with Crippen molar-refractivity contribution in [3.8, 4) is 0 Å². The molecule has 0 aliphatic heterocycles. The van der Waals surface area contributed by atoms with Gasteiger partial charge in [0.1, 0.15) is 0 Å². The van der Waals surface area contributed by atoms with Gasteiger partial charge in [-0.05, 0) is 19.3 Å². The predicted molar refractivity (Wildman–Crippen MR) is 77.2 cm³/mol. The van der Waals surface area contributed by atoms with Crippen LogP contribution in [-0.2, 0) is 14.9 Å². The van der Waals surface area contributed by atoms with E-state index < -0.39 is 10.1 Å². The van der Waals surface area contributed by atoms with E-state index in [4.69, 9.17) is 4.74 Å². The zero-order chi connectivity index (χ0) is 14.4. The van der Waals surface area contributed by atoms with Crippen LogP contribution >= 0.6 is 0 Å². The molecular formula is C14H29NaO4S. The van der Waals surface area contributed by atoms with E-state index in [0.29, 0.717) is 19.4 Å². The first-order valence-electron chi connectivity index (χ1n) is 7.57. The van der Waals surface area contributed by atoms with Gasteiger partial charge in [0.2, 0.25) is 0 Å². The van der Waals surface area contributed by atoms with Crippen LogP contribution in [0, 0.1) is 0 Å². The van der Waals surface area contributed by atoms with Gasteiger partial charge in [-0.2, -0.15) is 0 Å². The van der Waals surface area contributed by atoms with Gasteiger partial charge in [0.05, 0.1) is 10.1 Å². The minimum absolute atomic E-state index is 0. The summed E-state index contributed by atoms with van der Waals surface area (Å²) in [6, 6.07) is 0. The fraction of sp³-hybridized carbons (Fsp3) is 1.00. The standard InChI is InChI=1S/C14H30O4S.Na/c1-2-3-4-5-6-7-8-9-12-18-13-10-11-14-19(15,16)17;/h2-14H2,1H3,(H,15,16,17);/q;+1/p-1. The molecule has 4 nitrogen and oxygen atoms in total. The summed E-state index contributed by atoms with van der Waals surface area (Å²) in [5, 5.41) is 0. The van der Waals surface area contributed by atoms with Crippen LogP contribution in [0.1, 0.15) is 71.1 Å². The molecule has 20 heavy (non-hydrogen) atoms. The van der Waals surface area contributed by atoms with E-state index in [1.807, 2.05) is 0 Å². The van der Waals surface area contributed by atoms with Gasteiger partial charge >= 0.3 is 29.6 Å². The molecule has 0 heterocycles. The molecule has 0 N–H and O–H groups in total. The first kappa shape index (κ1) is 23.1. The Morgan fingerprint density at radius 2 is 1.25 bits per heavy atom. The fourth-order valence-electron chi connectivity index (χ4n) is 1.92. The molecule has 0 aromatic carbocycles. The molecule has 0 unspecified atom stereocenters. The van der Waals surface area contributed by atoms with E-state index in [1.165, 1.54) is 44.9 Å². The molecular weight excluding hydrogens is 287 g/mol. The van der Waals surface area contributed by atoms with E-state index in [0.717, 1.165) is 13.0 Å². The molecule has 0 bridgehead atoms. The third-order valence-electron chi connectivity index (χ3n) is 3.08. The van der Waals surface area contributed by atoms with Gasteiger partial charge in [-0.1, -0.05) is 51.9 Å². The molecule has 116 valence electrons. The first-order chi connectivity index (χ1) is 9.06. The molecule has 6 heteroatoms. The summed E-state index contributed by atoms with van der Waals surface area (Å²) < 4.78 is 36.4. The van der Waals surface area contributed by atoms with Crippen molar-refractivity contribution in [3.63, 3.8) is 0 Å². The Balaban J connectivity index is 0. The third-order valence-corrected chi connectivity index (χ3v) is 3.86. The van der Waals surface area contributed by atoms with Crippen molar-refractivity contribution in [1.29, 1.82) is 0 Å². The van der Waals surface area contributed by atoms with Crippen molar-refractivity contribution >= 4 is 10.1 Å². The summed E-state index contributed by atoms with van der Waals surface area (Å²) in [4.78, 5) is 0. The van der Waals surface area contributed by atoms with Crippen LogP contribution in [0.3, 0.4) is 0 Å². The fourth-order valence-corrected chi connectivity index (χ4v) is 2.48. The quantitative estimate of drug-likeness (QED) is 0.265. The smallest absolute Gasteiger partial charge is 0.748 e. The van der Waals surface area contributed by atoms with Gasteiger partial charge in [-0.3, -0.25) is 0 Å².